The van der Waals surface area contributed by atoms with Crippen LogP contribution in [0.2, 0.25) is 0 Å². The summed E-state index contributed by atoms with van der Waals surface area (Å²) in [6.07, 6.45) is 1.99. The van der Waals surface area contributed by atoms with E-state index in [0.717, 1.165) is 12.8 Å². The fourth-order valence-corrected chi connectivity index (χ4v) is 2.61. The lowest BCUT2D eigenvalue weighted by Crippen LogP contribution is -2.39. The maximum Gasteiger partial charge on any atom is 0.906 e. The Bertz CT molecular complexity index is 131. The van der Waals surface area contributed by atoms with Crippen molar-refractivity contribution < 1.29 is 11.4 Å². The van der Waals surface area contributed by atoms with E-state index in [1.54, 1.807) is 0 Å². The summed E-state index contributed by atoms with van der Waals surface area (Å²) in [5, 5.41) is 0. The Labute approximate surface area is 93.1 Å². The van der Waals surface area contributed by atoms with E-state index in [9.17, 15) is 0 Å². The van der Waals surface area contributed by atoms with Crippen LogP contribution in [0.3, 0.4) is 0 Å². The predicted molar refractivity (Wildman–Crippen MR) is 59.1 cm³/mol. The van der Waals surface area contributed by atoms with E-state index in [0.29, 0.717) is 13.2 Å². The molecular formula is C10H23AlO3. The zero-order valence-corrected chi connectivity index (χ0v) is 11.3. The molecule has 0 aromatic carbocycles. The first-order chi connectivity index (χ1) is 6.61. The van der Waals surface area contributed by atoms with E-state index in [2.05, 4.69) is 20.8 Å². The molecule has 0 saturated heterocycles. The molecule has 0 aliphatic heterocycles. The summed E-state index contributed by atoms with van der Waals surface area (Å²) < 4.78 is 16.9. The van der Waals surface area contributed by atoms with Gasteiger partial charge in [0.25, 0.3) is 0 Å². The minimum atomic E-state index is -1.89. The molecule has 0 saturated carbocycles. The summed E-state index contributed by atoms with van der Waals surface area (Å²) in [5.41, 5.74) is -0.0821. The summed E-state index contributed by atoms with van der Waals surface area (Å²) in [6.45, 7) is 11.7. The summed E-state index contributed by atoms with van der Waals surface area (Å²) >= 11 is -1.89. The Morgan fingerprint density at radius 3 is 1.64 bits per heavy atom. The molecule has 0 spiro atoms. The molecule has 84 valence electrons. The van der Waals surface area contributed by atoms with Crippen LogP contribution < -0.4 is 0 Å². The first-order valence-electron chi connectivity index (χ1n) is 5.52. The lowest BCUT2D eigenvalue weighted by atomic mass is 10.0. The van der Waals surface area contributed by atoms with Gasteiger partial charge in [-0.3, -0.25) is 0 Å². The molecule has 3 nitrogen and oxygen atoms in total. The minimum Gasteiger partial charge on any atom is -0.455 e. The third-order valence-electron chi connectivity index (χ3n) is 2.48. The van der Waals surface area contributed by atoms with Crippen molar-refractivity contribution in [3.05, 3.63) is 0 Å². The van der Waals surface area contributed by atoms with E-state index in [1.165, 1.54) is 0 Å². The van der Waals surface area contributed by atoms with Gasteiger partial charge in [-0.25, -0.2) is 0 Å². The highest BCUT2D eigenvalue weighted by molar-refractivity contribution is 6.36. The third-order valence-corrected chi connectivity index (χ3v) is 4.45. The van der Waals surface area contributed by atoms with Crippen LogP contribution in [0.5, 0.6) is 0 Å². The van der Waals surface area contributed by atoms with Crippen molar-refractivity contribution in [2.45, 2.75) is 53.1 Å². The van der Waals surface area contributed by atoms with Crippen LogP contribution in [0.1, 0.15) is 47.5 Å². The van der Waals surface area contributed by atoms with Crippen molar-refractivity contribution in [1.82, 2.24) is 0 Å². The summed E-state index contributed by atoms with van der Waals surface area (Å²) in [6, 6.07) is 0. The molecule has 0 atom stereocenters. The number of rotatable bonds is 8. The number of hydrogen-bond acceptors (Lipinski definition) is 3. The Kier molecular flexibility index (Phi) is 7.90. The van der Waals surface area contributed by atoms with E-state index < -0.39 is 15.1 Å². The predicted octanol–water partition coefficient (Wildman–Crippen LogP) is 2.64. The van der Waals surface area contributed by atoms with Gasteiger partial charge in [0.1, 0.15) is 0 Å². The third kappa shape index (κ3) is 5.33. The highest BCUT2D eigenvalue weighted by atomic mass is 27.3. The average Bonchev–Trinajstić information content (AvgIpc) is 2.18. The summed E-state index contributed by atoms with van der Waals surface area (Å²) in [7, 11) is 0. The van der Waals surface area contributed by atoms with Gasteiger partial charge in [-0.1, -0.05) is 13.8 Å². The van der Waals surface area contributed by atoms with Crippen LogP contribution in [-0.2, 0) is 11.4 Å². The van der Waals surface area contributed by atoms with Crippen molar-refractivity contribution in [2.75, 3.05) is 13.2 Å². The second kappa shape index (κ2) is 7.67. The maximum atomic E-state index is 5.91. The molecule has 0 heterocycles. The molecule has 0 aromatic heterocycles. The van der Waals surface area contributed by atoms with E-state index in [-0.39, 0.29) is 5.60 Å². The Morgan fingerprint density at radius 1 is 0.929 bits per heavy atom. The van der Waals surface area contributed by atoms with Crippen LogP contribution in [0.25, 0.3) is 0 Å². The van der Waals surface area contributed by atoms with Crippen molar-refractivity contribution in [3.8, 4) is 0 Å². The molecule has 0 rings (SSSR count). The van der Waals surface area contributed by atoms with Gasteiger partial charge in [-0.05, 0) is 33.6 Å². The molecule has 0 bridgehead atoms. The lowest BCUT2D eigenvalue weighted by molar-refractivity contribution is -0.000680. The first-order valence-corrected chi connectivity index (χ1v) is 6.94. The normalized spacial score (nSPS) is 11.8. The van der Waals surface area contributed by atoms with Crippen molar-refractivity contribution >= 4 is 15.1 Å². The smallest absolute Gasteiger partial charge is 0.455 e. The Hall–Kier alpha value is 0.412. The van der Waals surface area contributed by atoms with Crippen molar-refractivity contribution in [3.63, 3.8) is 0 Å². The van der Waals surface area contributed by atoms with Crippen LogP contribution >= 0.6 is 0 Å². The molecule has 0 aromatic rings. The van der Waals surface area contributed by atoms with Crippen molar-refractivity contribution in [2.24, 2.45) is 0 Å². The molecule has 0 aliphatic rings. The zero-order chi connectivity index (χ0) is 11.0. The quantitative estimate of drug-likeness (QED) is 0.586. The topological polar surface area (TPSA) is 27.7 Å². The Balaban J connectivity index is 4.10. The van der Waals surface area contributed by atoms with Crippen molar-refractivity contribution in [1.29, 1.82) is 0 Å². The van der Waals surface area contributed by atoms with E-state index >= 15 is 0 Å². The molecule has 0 N–H and O–H groups in total. The first kappa shape index (κ1) is 14.4. The SMILES string of the molecule is CC[O][Al]([O]CC)[O]C(C)(CC)CC. The molecule has 4 heteroatoms. The van der Waals surface area contributed by atoms with Gasteiger partial charge in [0, 0.05) is 18.8 Å². The second-order valence-corrected chi connectivity index (χ2v) is 4.95. The van der Waals surface area contributed by atoms with Crippen LogP contribution in [0.15, 0.2) is 0 Å². The van der Waals surface area contributed by atoms with Gasteiger partial charge < -0.3 is 11.4 Å². The molecular weight excluding hydrogens is 195 g/mol. The molecule has 0 amide bonds. The van der Waals surface area contributed by atoms with E-state index in [1.807, 2.05) is 13.8 Å². The molecule has 0 fully saturated rings. The van der Waals surface area contributed by atoms with Gasteiger partial charge in [-0.15, -0.1) is 0 Å². The molecule has 0 radical (unpaired) electrons. The fraction of sp³-hybridized carbons (Fsp3) is 1.00. The highest BCUT2D eigenvalue weighted by Crippen LogP contribution is 2.20. The minimum absolute atomic E-state index is 0.0821. The summed E-state index contributed by atoms with van der Waals surface area (Å²) in [5.74, 6) is 0. The molecule has 14 heavy (non-hydrogen) atoms. The average molecular weight is 218 g/mol. The monoisotopic (exact) mass is 218 g/mol. The van der Waals surface area contributed by atoms with Crippen LogP contribution in [0, 0.1) is 0 Å². The molecule has 0 unspecified atom stereocenters. The van der Waals surface area contributed by atoms with E-state index in [4.69, 9.17) is 11.4 Å². The standard InChI is InChI=1S/C6H13O.2C2H5O.Al/c1-4-6(3,7)5-2;2*1-2-3;/h4-5H2,1-3H3;2*2H2,1H3;/q3*-1;+3. The van der Waals surface area contributed by atoms with Gasteiger partial charge in [0.05, 0.1) is 0 Å². The maximum absolute atomic E-state index is 5.91. The second-order valence-electron chi connectivity index (χ2n) is 3.47. The van der Waals surface area contributed by atoms with Crippen LogP contribution in [0.4, 0.5) is 0 Å². The highest BCUT2D eigenvalue weighted by Gasteiger charge is 2.37. The largest absolute Gasteiger partial charge is 0.906 e. The van der Waals surface area contributed by atoms with Gasteiger partial charge in [0.2, 0.25) is 0 Å². The zero-order valence-electron chi connectivity index (χ0n) is 10.1. The fourth-order valence-electron chi connectivity index (χ4n) is 1.04. The van der Waals surface area contributed by atoms with Gasteiger partial charge in [0.15, 0.2) is 0 Å². The Morgan fingerprint density at radius 2 is 1.36 bits per heavy atom. The van der Waals surface area contributed by atoms with Gasteiger partial charge >= 0.3 is 15.1 Å². The number of hydrogen-bond donors (Lipinski definition) is 0. The molecule has 0 aliphatic carbocycles. The van der Waals surface area contributed by atoms with Crippen LogP contribution in [-0.4, -0.2) is 34.0 Å². The summed E-state index contributed by atoms with van der Waals surface area (Å²) in [4.78, 5) is 0. The lowest BCUT2D eigenvalue weighted by Gasteiger charge is -2.30. The van der Waals surface area contributed by atoms with Gasteiger partial charge in [-0.2, -0.15) is 0 Å².